The molecule has 0 atom stereocenters. The molecule has 4 aromatic carbocycles. The standard InChI is InChI=1S/C33H31FN2O4/c34-26-14-8-12-25(22-26)23-35-32(39)29-17-6-4-15-27(29)28-16-5-7-18-30(28)33(40)36(21-19-31(37)38)20-9-13-24-10-2-1-3-11-24/h1-8,10-12,14-18,22H,9,13,19-21,23H2,(H,35,39)(H,37,38). The summed E-state index contributed by atoms with van der Waals surface area (Å²) in [5.41, 5.74) is 3.69. The number of aliphatic carboxylic acids is 1. The summed E-state index contributed by atoms with van der Waals surface area (Å²) in [6.07, 6.45) is 1.27. The third-order valence-corrected chi connectivity index (χ3v) is 6.58. The fourth-order valence-corrected chi connectivity index (χ4v) is 4.58. The first kappa shape index (κ1) is 28.2. The van der Waals surface area contributed by atoms with Crippen molar-refractivity contribution >= 4 is 17.8 Å². The van der Waals surface area contributed by atoms with E-state index in [2.05, 4.69) is 5.32 Å². The minimum absolute atomic E-state index is 0.0764. The molecule has 0 aliphatic rings. The number of carbonyl (C=O) groups excluding carboxylic acids is 2. The van der Waals surface area contributed by atoms with Gasteiger partial charge in [-0.3, -0.25) is 14.4 Å². The van der Waals surface area contributed by atoms with Crippen molar-refractivity contribution in [2.75, 3.05) is 13.1 Å². The molecule has 0 fully saturated rings. The molecule has 7 heteroatoms. The Morgan fingerprint density at radius 2 is 1.35 bits per heavy atom. The van der Waals surface area contributed by atoms with Crippen LogP contribution in [-0.2, 0) is 17.8 Å². The molecule has 0 aromatic heterocycles. The Morgan fingerprint density at radius 3 is 2.05 bits per heavy atom. The molecule has 4 aromatic rings. The summed E-state index contributed by atoms with van der Waals surface area (Å²) in [6, 6.07) is 30.0. The summed E-state index contributed by atoms with van der Waals surface area (Å²) in [7, 11) is 0. The highest BCUT2D eigenvalue weighted by atomic mass is 19.1. The molecule has 204 valence electrons. The smallest absolute Gasteiger partial charge is 0.305 e. The lowest BCUT2D eigenvalue weighted by molar-refractivity contribution is -0.137. The Balaban J connectivity index is 1.57. The van der Waals surface area contributed by atoms with E-state index >= 15 is 0 Å². The molecule has 6 nitrogen and oxygen atoms in total. The molecule has 0 aliphatic heterocycles. The van der Waals surface area contributed by atoms with Gasteiger partial charge in [0.25, 0.3) is 11.8 Å². The summed E-state index contributed by atoms with van der Waals surface area (Å²) in [5.74, 6) is -2.00. The van der Waals surface area contributed by atoms with E-state index in [0.29, 0.717) is 40.8 Å². The van der Waals surface area contributed by atoms with Crippen molar-refractivity contribution in [2.45, 2.75) is 25.8 Å². The number of halogens is 1. The quantitative estimate of drug-likeness (QED) is 0.233. The van der Waals surface area contributed by atoms with Crippen LogP contribution in [0.5, 0.6) is 0 Å². The van der Waals surface area contributed by atoms with Gasteiger partial charge in [-0.2, -0.15) is 0 Å². The van der Waals surface area contributed by atoms with E-state index in [9.17, 15) is 23.9 Å². The number of carboxylic acid groups (broad SMARTS) is 1. The summed E-state index contributed by atoms with van der Waals surface area (Å²) in [4.78, 5) is 39.9. The predicted molar refractivity (Wildman–Crippen MR) is 152 cm³/mol. The molecule has 0 saturated heterocycles. The molecule has 2 amide bonds. The van der Waals surface area contributed by atoms with Crippen LogP contribution in [0.25, 0.3) is 11.1 Å². The van der Waals surface area contributed by atoms with E-state index in [1.54, 1.807) is 65.6 Å². The van der Waals surface area contributed by atoms with Crippen molar-refractivity contribution in [3.05, 3.63) is 131 Å². The molecule has 0 saturated carbocycles. The van der Waals surface area contributed by atoms with Gasteiger partial charge in [0.15, 0.2) is 0 Å². The van der Waals surface area contributed by atoms with Crippen molar-refractivity contribution in [2.24, 2.45) is 0 Å². The fraction of sp³-hybridized carbons (Fsp3) is 0.182. The average Bonchev–Trinajstić information content (AvgIpc) is 2.98. The van der Waals surface area contributed by atoms with Crippen LogP contribution in [0.15, 0.2) is 103 Å². The van der Waals surface area contributed by atoms with Gasteiger partial charge in [-0.15, -0.1) is 0 Å². The summed E-state index contributed by atoms with van der Waals surface area (Å²) in [6.45, 7) is 0.619. The number of aryl methyl sites for hydroxylation is 1. The first-order valence-electron chi connectivity index (χ1n) is 13.2. The van der Waals surface area contributed by atoms with Crippen LogP contribution in [0.2, 0.25) is 0 Å². The highest BCUT2D eigenvalue weighted by Crippen LogP contribution is 2.28. The number of carboxylic acids is 1. The number of benzene rings is 4. The number of nitrogens with one attached hydrogen (secondary N) is 1. The molecule has 4 rings (SSSR count). The van der Waals surface area contributed by atoms with Crippen molar-refractivity contribution in [3.8, 4) is 11.1 Å². The van der Waals surface area contributed by atoms with Gasteiger partial charge in [-0.05, 0) is 59.4 Å². The van der Waals surface area contributed by atoms with E-state index in [4.69, 9.17) is 0 Å². The van der Waals surface area contributed by atoms with Gasteiger partial charge in [-0.1, -0.05) is 78.9 Å². The van der Waals surface area contributed by atoms with Gasteiger partial charge in [0.1, 0.15) is 5.82 Å². The normalized spacial score (nSPS) is 10.6. The van der Waals surface area contributed by atoms with Crippen molar-refractivity contribution < 1.29 is 23.9 Å². The monoisotopic (exact) mass is 538 g/mol. The minimum Gasteiger partial charge on any atom is -0.481 e. The summed E-state index contributed by atoms with van der Waals surface area (Å²) in [5, 5.41) is 12.1. The maximum Gasteiger partial charge on any atom is 0.305 e. The summed E-state index contributed by atoms with van der Waals surface area (Å²) < 4.78 is 13.6. The lowest BCUT2D eigenvalue weighted by Crippen LogP contribution is -2.34. The summed E-state index contributed by atoms with van der Waals surface area (Å²) >= 11 is 0. The van der Waals surface area contributed by atoms with E-state index in [1.807, 2.05) is 30.3 Å². The molecule has 0 spiro atoms. The molecule has 0 radical (unpaired) electrons. The van der Waals surface area contributed by atoms with Crippen LogP contribution < -0.4 is 5.32 Å². The molecule has 0 heterocycles. The van der Waals surface area contributed by atoms with E-state index in [0.717, 1.165) is 12.0 Å². The van der Waals surface area contributed by atoms with Gasteiger partial charge >= 0.3 is 5.97 Å². The van der Waals surface area contributed by atoms with E-state index in [1.165, 1.54) is 12.1 Å². The zero-order chi connectivity index (χ0) is 28.3. The molecule has 40 heavy (non-hydrogen) atoms. The second-order valence-electron chi connectivity index (χ2n) is 9.43. The number of hydrogen-bond acceptors (Lipinski definition) is 3. The lowest BCUT2D eigenvalue weighted by Gasteiger charge is -2.24. The topological polar surface area (TPSA) is 86.7 Å². The number of rotatable bonds is 12. The third-order valence-electron chi connectivity index (χ3n) is 6.58. The Kier molecular flexibility index (Phi) is 9.77. The predicted octanol–water partition coefficient (Wildman–Crippen LogP) is 5.97. The molecular formula is C33H31FN2O4. The largest absolute Gasteiger partial charge is 0.481 e. The van der Waals surface area contributed by atoms with Crippen molar-refractivity contribution in [1.82, 2.24) is 10.2 Å². The molecule has 0 unspecified atom stereocenters. The van der Waals surface area contributed by atoms with Crippen LogP contribution in [-0.4, -0.2) is 40.9 Å². The van der Waals surface area contributed by atoms with Crippen molar-refractivity contribution in [3.63, 3.8) is 0 Å². The van der Waals surface area contributed by atoms with Crippen molar-refractivity contribution in [1.29, 1.82) is 0 Å². The first-order valence-corrected chi connectivity index (χ1v) is 13.2. The maximum absolute atomic E-state index is 13.8. The lowest BCUT2D eigenvalue weighted by atomic mass is 9.94. The molecule has 0 bridgehead atoms. The van der Waals surface area contributed by atoms with Crippen LogP contribution in [0.3, 0.4) is 0 Å². The van der Waals surface area contributed by atoms with Crippen LogP contribution >= 0.6 is 0 Å². The number of amides is 2. The Labute approximate surface area is 233 Å². The van der Waals surface area contributed by atoms with E-state index < -0.39 is 5.97 Å². The SMILES string of the molecule is O=C(O)CCN(CCCc1ccccc1)C(=O)c1ccccc1-c1ccccc1C(=O)NCc1cccc(F)c1. The second-order valence-corrected chi connectivity index (χ2v) is 9.43. The maximum atomic E-state index is 13.8. The van der Waals surface area contributed by atoms with Gasteiger partial charge in [0, 0.05) is 30.8 Å². The first-order chi connectivity index (χ1) is 19.4. The van der Waals surface area contributed by atoms with Gasteiger partial charge < -0.3 is 15.3 Å². The zero-order valence-corrected chi connectivity index (χ0v) is 22.1. The third kappa shape index (κ3) is 7.63. The minimum atomic E-state index is -0.977. The Hall–Kier alpha value is -4.78. The molecular weight excluding hydrogens is 507 g/mol. The Morgan fingerprint density at radius 1 is 0.725 bits per heavy atom. The van der Waals surface area contributed by atoms with Gasteiger partial charge in [-0.25, -0.2) is 4.39 Å². The second kappa shape index (κ2) is 13.8. The van der Waals surface area contributed by atoms with Gasteiger partial charge in [0.2, 0.25) is 0 Å². The zero-order valence-electron chi connectivity index (χ0n) is 22.1. The van der Waals surface area contributed by atoms with Gasteiger partial charge in [0.05, 0.1) is 6.42 Å². The number of nitrogens with zero attached hydrogens (tertiary/aromatic N) is 1. The molecule has 2 N–H and O–H groups in total. The number of hydrogen-bond donors (Lipinski definition) is 2. The fourth-order valence-electron chi connectivity index (χ4n) is 4.58. The molecule has 0 aliphatic carbocycles. The average molecular weight is 539 g/mol. The van der Waals surface area contributed by atoms with Crippen LogP contribution in [0.1, 0.15) is 44.7 Å². The highest BCUT2D eigenvalue weighted by Gasteiger charge is 2.22. The number of carbonyl (C=O) groups is 3. The Bertz CT molecular complexity index is 1470. The van der Waals surface area contributed by atoms with Crippen LogP contribution in [0, 0.1) is 5.82 Å². The van der Waals surface area contributed by atoms with Crippen LogP contribution in [0.4, 0.5) is 4.39 Å². The highest BCUT2D eigenvalue weighted by molar-refractivity contribution is 6.06. The van der Waals surface area contributed by atoms with E-state index in [-0.39, 0.29) is 37.1 Å².